The van der Waals surface area contributed by atoms with Crippen LogP contribution in [-0.2, 0) is 4.74 Å². The smallest absolute Gasteiger partial charge is 0.0836 e. The van der Waals surface area contributed by atoms with E-state index >= 15 is 0 Å². The summed E-state index contributed by atoms with van der Waals surface area (Å²) in [5.41, 5.74) is 0. The fraction of sp³-hybridized carbons (Fsp3) is 0.947. The summed E-state index contributed by atoms with van der Waals surface area (Å²) in [6.07, 6.45) is 20.4. The van der Waals surface area contributed by atoms with Crippen molar-refractivity contribution in [3.63, 3.8) is 0 Å². The summed E-state index contributed by atoms with van der Waals surface area (Å²) in [7, 11) is 0. The highest BCUT2D eigenvalue weighted by atomic mass is 16.5. The number of hydrogen-bond donors (Lipinski definition) is 0. The Balaban J connectivity index is 2.89. The van der Waals surface area contributed by atoms with Crippen LogP contribution < -0.4 is 0 Å². The molecule has 0 heterocycles. The molecule has 20 heavy (non-hydrogen) atoms. The molecule has 0 atom stereocenters. The van der Waals surface area contributed by atoms with E-state index in [0.29, 0.717) is 0 Å². The van der Waals surface area contributed by atoms with Crippen LogP contribution in [-0.4, -0.2) is 6.61 Å². The molecule has 0 bridgehead atoms. The first-order valence-corrected chi connectivity index (χ1v) is 9.35. The highest BCUT2D eigenvalue weighted by Gasteiger charge is 1.94. The predicted octanol–water partition coefficient (Wildman–Crippen LogP) is 7.06. The zero-order valence-corrected chi connectivity index (χ0v) is 14.3. The van der Waals surface area contributed by atoms with Gasteiger partial charge in [-0.25, -0.2) is 0 Å². The molecular weight excluding hydrogens is 244 g/mol. The highest BCUT2D eigenvalue weighted by Crippen LogP contribution is 2.10. The molecule has 0 N–H and O–H groups in total. The van der Waals surface area contributed by atoms with Crippen molar-refractivity contribution < 1.29 is 4.74 Å². The Bertz CT molecular complexity index is 138. The summed E-state index contributed by atoms with van der Waals surface area (Å²) in [6.45, 7) is 7.53. The summed E-state index contributed by atoms with van der Waals surface area (Å²) in [6, 6.07) is 0. The van der Waals surface area contributed by atoms with E-state index in [-0.39, 0.29) is 0 Å². The molecule has 1 heteroatoms. The molecule has 1 nitrogen and oxygen atoms in total. The molecule has 0 aromatic heterocycles. The van der Waals surface area contributed by atoms with Crippen molar-refractivity contribution >= 4 is 0 Å². The van der Waals surface area contributed by atoms with Gasteiger partial charge in [-0.3, -0.25) is 0 Å². The van der Waals surface area contributed by atoms with E-state index in [1.54, 1.807) is 0 Å². The second-order valence-electron chi connectivity index (χ2n) is 6.07. The van der Waals surface area contributed by atoms with Gasteiger partial charge in [0.25, 0.3) is 0 Å². The van der Waals surface area contributed by atoms with Crippen LogP contribution in [0.4, 0.5) is 0 Å². The molecule has 121 valence electrons. The molecule has 0 saturated carbocycles. The molecule has 0 rings (SSSR count). The molecule has 0 aromatic rings. The van der Waals surface area contributed by atoms with Crippen LogP contribution in [0.1, 0.15) is 110 Å². The zero-order valence-electron chi connectivity index (χ0n) is 14.3. The van der Waals surface area contributed by atoms with E-state index in [1.165, 1.54) is 89.9 Å². The summed E-state index contributed by atoms with van der Waals surface area (Å²) >= 11 is 0. The summed E-state index contributed by atoms with van der Waals surface area (Å²) in [4.78, 5) is 0. The molecule has 0 amide bonds. The first-order valence-electron chi connectivity index (χ1n) is 9.35. The van der Waals surface area contributed by atoms with E-state index in [9.17, 15) is 0 Å². The van der Waals surface area contributed by atoms with E-state index in [1.807, 2.05) is 6.61 Å². The average molecular weight is 284 g/mol. The van der Waals surface area contributed by atoms with Crippen molar-refractivity contribution in [2.24, 2.45) is 0 Å². The fourth-order valence-electron chi connectivity index (χ4n) is 2.49. The quantitative estimate of drug-likeness (QED) is 0.260. The molecule has 0 aliphatic rings. The van der Waals surface area contributed by atoms with Crippen molar-refractivity contribution in [2.45, 2.75) is 110 Å². The normalized spacial score (nSPS) is 11.1. The summed E-state index contributed by atoms with van der Waals surface area (Å²) in [5.74, 6) is 0. The van der Waals surface area contributed by atoms with Gasteiger partial charge in [-0.15, -0.1) is 0 Å². The van der Waals surface area contributed by atoms with E-state index in [4.69, 9.17) is 4.74 Å². The fourth-order valence-corrected chi connectivity index (χ4v) is 2.49. The van der Waals surface area contributed by atoms with Crippen molar-refractivity contribution in [1.29, 1.82) is 0 Å². The van der Waals surface area contributed by atoms with E-state index < -0.39 is 0 Å². The second kappa shape index (κ2) is 19.0. The molecule has 0 spiro atoms. The minimum Gasteiger partial charge on any atom is -0.376 e. The van der Waals surface area contributed by atoms with Crippen LogP contribution in [0.3, 0.4) is 0 Å². The van der Waals surface area contributed by atoms with Gasteiger partial charge in [-0.1, -0.05) is 97.3 Å². The zero-order chi connectivity index (χ0) is 14.7. The summed E-state index contributed by atoms with van der Waals surface area (Å²) in [5, 5.41) is 0. The SMILES string of the molecule is CCCCCCCC[CH]OCCCCCCCCCC. The van der Waals surface area contributed by atoms with Gasteiger partial charge >= 0.3 is 0 Å². The largest absolute Gasteiger partial charge is 0.376 e. The Kier molecular flexibility index (Phi) is 18.9. The molecule has 0 aliphatic carbocycles. The Labute approximate surface area is 128 Å². The van der Waals surface area contributed by atoms with Crippen molar-refractivity contribution in [1.82, 2.24) is 0 Å². The predicted molar refractivity (Wildman–Crippen MR) is 90.9 cm³/mol. The van der Waals surface area contributed by atoms with Crippen LogP contribution >= 0.6 is 0 Å². The maximum atomic E-state index is 5.58. The molecule has 0 saturated heterocycles. The van der Waals surface area contributed by atoms with Gasteiger partial charge in [0, 0.05) is 6.61 Å². The average Bonchev–Trinajstić information content (AvgIpc) is 2.47. The van der Waals surface area contributed by atoms with Gasteiger partial charge < -0.3 is 4.74 Å². The molecule has 0 aliphatic heterocycles. The van der Waals surface area contributed by atoms with Crippen LogP contribution in [0.2, 0.25) is 0 Å². The Hall–Kier alpha value is -0.0400. The number of unbranched alkanes of at least 4 members (excludes halogenated alkanes) is 13. The first-order chi connectivity index (χ1) is 9.91. The monoisotopic (exact) mass is 283 g/mol. The first kappa shape index (κ1) is 20.0. The van der Waals surface area contributed by atoms with E-state index in [0.717, 1.165) is 13.0 Å². The Morgan fingerprint density at radius 2 is 1.00 bits per heavy atom. The molecule has 0 unspecified atom stereocenters. The molecule has 0 fully saturated rings. The lowest BCUT2D eigenvalue weighted by Crippen LogP contribution is -1.92. The van der Waals surface area contributed by atoms with Crippen LogP contribution in [0.5, 0.6) is 0 Å². The minimum atomic E-state index is 0.935. The van der Waals surface area contributed by atoms with Gasteiger partial charge in [0.05, 0.1) is 6.61 Å². The third-order valence-electron chi connectivity index (χ3n) is 3.91. The standard InChI is InChI=1S/C19H39O/c1-3-5-7-9-11-13-15-17-19-20-18-16-14-12-10-8-6-4-2/h18H,3-17,19H2,1-2H3. The lowest BCUT2D eigenvalue weighted by molar-refractivity contribution is 0.183. The van der Waals surface area contributed by atoms with Crippen LogP contribution in [0.15, 0.2) is 0 Å². The third-order valence-corrected chi connectivity index (χ3v) is 3.91. The van der Waals surface area contributed by atoms with Gasteiger partial charge in [0.1, 0.15) is 0 Å². The Morgan fingerprint density at radius 3 is 1.55 bits per heavy atom. The van der Waals surface area contributed by atoms with Crippen LogP contribution in [0, 0.1) is 6.61 Å². The third kappa shape index (κ3) is 18.0. The number of rotatable bonds is 17. The number of hydrogen-bond acceptors (Lipinski definition) is 1. The maximum Gasteiger partial charge on any atom is 0.0836 e. The topological polar surface area (TPSA) is 9.23 Å². The van der Waals surface area contributed by atoms with Gasteiger partial charge in [-0.2, -0.15) is 0 Å². The second-order valence-corrected chi connectivity index (χ2v) is 6.07. The Morgan fingerprint density at radius 1 is 0.550 bits per heavy atom. The van der Waals surface area contributed by atoms with Crippen molar-refractivity contribution in [3.8, 4) is 0 Å². The van der Waals surface area contributed by atoms with E-state index in [2.05, 4.69) is 13.8 Å². The number of ether oxygens (including phenoxy) is 1. The lowest BCUT2D eigenvalue weighted by Gasteiger charge is -2.04. The minimum absolute atomic E-state index is 0.935. The van der Waals surface area contributed by atoms with Gasteiger partial charge in [-0.05, 0) is 12.8 Å². The molecular formula is C19H39O. The van der Waals surface area contributed by atoms with Gasteiger partial charge in [0.15, 0.2) is 0 Å². The van der Waals surface area contributed by atoms with Crippen molar-refractivity contribution in [3.05, 3.63) is 6.61 Å². The summed E-state index contributed by atoms with van der Waals surface area (Å²) < 4.78 is 5.58. The molecule has 1 radical (unpaired) electrons. The highest BCUT2D eigenvalue weighted by molar-refractivity contribution is 4.53. The van der Waals surface area contributed by atoms with Crippen molar-refractivity contribution in [2.75, 3.05) is 6.61 Å². The van der Waals surface area contributed by atoms with Gasteiger partial charge in [0.2, 0.25) is 0 Å². The lowest BCUT2D eigenvalue weighted by atomic mass is 10.1. The van der Waals surface area contributed by atoms with Crippen LogP contribution in [0.25, 0.3) is 0 Å². The molecule has 0 aromatic carbocycles. The maximum absolute atomic E-state index is 5.58.